The van der Waals surface area contributed by atoms with Crippen LogP contribution in [0.2, 0.25) is 0 Å². The molecule has 0 saturated heterocycles. The first-order valence-electron chi connectivity index (χ1n) is 8.82. The molecule has 0 saturated carbocycles. The van der Waals surface area contributed by atoms with Gasteiger partial charge in [-0.15, -0.1) is 0 Å². The van der Waals surface area contributed by atoms with E-state index in [1.165, 1.54) is 0 Å². The number of unbranched alkanes of at least 4 members (excludes halogenated alkanes) is 1. The topological polar surface area (TPSA) is 117 Å². The molecule has 0 aromatic heterocycles. The van der Waals surface area contributed by atoms with Crippen LogP contribution < -0.4 is 16.4 Å². The standard InChI is InChI=1S/C21H22N4O3S/c1-23-19(20(22)28)21(25-18(27)9-3-2-6-12-26)29-14-24-17-11-10-15-7-4-5-8-16(15)13-17/h4-5,7-8,10-11,13,24,26H,1-2,6,12,14H2,(H2,22,28)(H,25,27)/b21-19-. The highest BCUT2D eigenvalue weighted by Gasteiger charge is 2.14. The molecular formula is C21H22N4O3S. The van der Waals surface area contributed by atoms with Gasteiger partial charge in [-0.3, -0.25) is 14.6 Å². The number of amides is 2. The van der Waals surface area contributed by atoms with Gasteiger partial charge in [0.05, 0.1) is 5.88 Å². The van der Waals surface area contributed by atoms with E-state index in [0.717, 1.165) is 28.2 Å². The molecule has 0 aliphatic rings. The summed E-state index contributed by atoms with van der Waals surface area (Å²) in [5, 5.41) is 16.9. The Bertz CT molecular complexity index is 992. The van der Waals surface area contributed by atoms with Gasteiger partial charge in [-0.25, -0.2) is 0 Å². The van der Waals surface area contributed by atoms with Gasteiger partial charge >= 0.3 is 5.91 Å². The van der Waals surface area contributed by atoms with E-state index in [9.17, 15) is 9.59 Å². The van der Waals surface area contributed by atoms with Crippen LogP contribution >= 0.6 is 11.8 Å². The fourth-order valence-electron chi connectivity index (χ4n) is 2.36. The Morgan fingerprint density at radius 3 is 2.66 bits per heavy atom. The third kappa shape index (κ3) is 6.99. The van der Waals surface area contributed by atoms with Crippen LogP contribution in [0, 0.1) is 11.8 Å². The lowest BCUT2D eigenvalue weighted by atomic mass is 10.1. The molecule has 7 nitrogen and oxygen atoms in total. The minimum absolute atomic E-state index is 0.00392. The van der Waals surface area contributed by atoms with Crippen LogP contribution in [0.15, 0.2) is 58.2 Å². The number of aliphatic hydroxyl groups is 1. The lowest BCUT2D eigenvalue weighted by Crippen LogP contribution is -2.25. The first-order valence-corrected chi connectivity index (χ1v) is 9.80. The van der Waals surface area contributed by atoms with Gasteiger partial charge < -0.3 is 21.5 Å². The number of anilines is 1. The van der Waals surface area contributed by atoms with Gasteiger partial charge in [0.2, 0.25) is 0 Å². The fourth-order valence-corrected chi connectivity index (χ4v) is 3.21. The fraction of sp³-hybridized carbons (Fsp3) is 0.190. The molecule has 2 amide bonds. The summed E-state index contributed by atoms with van der Waals surface area (Å²) in [7, 11) is 0. The largest absolute Gasteiger partial charge is 0.396 e. The van der Waals surface area contributed by atoms with Crippen molar-refractivity contribution in [1.29, 1.82) is 0 Å². The van der Waals surface area contributed by atoms with Crippen molar-refractivity contribution >= 4 is 46.8 Å². The Kier molecular flexibility index (Phi) is 8.76. The summed E-state index contributed by atoms with van der Waals surface area (Å²) in [6.45, 7) is 3.34. The van der Waals surface area contributed by atoms with Crippen LogP contribution in [0.4, 0.5) is 5.69 Å². The molecular weight excluding hydrogens is 388 g/mol. The van der Waals surface area contributed by atoms with Crippen LogP contribution in [-0.2, 0) is 9.59 Å². The molecule has 0 spiro atoms. The van der Waals surface area contributed by atoms with E-state index in [4.69, 9.17) is 10.8 Å². The van der Waals surface area contributed by atoms with Crippen molar-refractivity contribution in [3.63, 3.8) is 0 Å². The Labute approximate surface area is 173 Å². The van der Waals surface area contributed by atoms with Crippen molar-refractivity contribution in [1.82, 2.24) is 5.32 Å². The monoisotopic (exact) mass is 410 g/mol. The second kappa shape index (κ2) is 11.5. The highest BCUT2D eigenvalue weighted by Crippen LogP contribution is 2.22. The van der Waals surface area contributed by atoms with E-state index >= 15 is 0 Å². The van der Waals surface area contributed by atoms with Gasteiger partial charge in [0.1, 0.15) is 5.03 Å². The summed E-state index contributed by atoms with van der Waals surface area (Å²) in [6, 6.07) is 13.9. The molecule has 29 heavy (non-hydrogen) atoms. The number of nitrogens with one attached hydrogen (secondary N) is 2. The number of aliphatic hydroxyl groups excluding tert-OH is 1. The molecule has 0 fully saturated rings. The van der Waals surface area contributed by atoms with Crippen molar-refractivity contribution in [2.45, 2.75) is 12.8 Å². The van der Waals surface area contributed by atoms with Gasteiger partial charge in [0.15, 0.2) is 5.70 Å². The normalized spacial score (nSPS) is 11.1. The first kappa shape index (κ1) is 22.0. The number of fused-ring (bicyclic) bond motifs is 1. The third-order valence-electron chi connectivity index (χ3n) is 3.74. The molecule has 0 aliphatic carbocycles. The number of carbonyl (C=O) groups excluding carboxylic acids is 2. The molecule has 0 radical (unpaired) electrons. The molecule has 0 aliphatic heterocycles. The van der Waals surface area contributed by atoms with Crippen molar-refractivity contribution in [2.24, 2.45) is 10.7 Å². The van der Waals surface area contributed by atoms with Crippen molar-refractivity contribution in [3.05, 3.63) is 53.2 Å². The number of hydrogen-bond acceptors (Lipinski definition) is 6. The third-order valence-corrected chi connectivity index (χ3v) is 4.61. The second-order valence-electron chi connectivity index (χ2n) is 5.81. The quantitative estimate of drug-likeness (QED) is 0.166. The Hall–Kier alpha value is -3.28. The van der Waals surface area contributed by atoms with Crippen LogP contribution in [0.3, 0.4) is 0 Å². The van der Waals surface area contributed by atoms with Crippen LogP contribution in [-0.4, -0.2) is 36.1 Å². The molecule has 2 rings (SSSR count). The molecule has 2 aromatic carbocycles. The summed E-state index contributed by atoms with van der Waals surface area (Å²) in [5.74, 6) is 3.99. The number of nitrogens with zero attached hydrogens (tertiary/aromatic N) is 1. The summed E-state index contributed by atoms with van der Waals surface area (Å²) >= 11 is 1.15. The molecule has 2 aromatic rings. The van der Waals surface area contributed by atoms with Gasteiger partial charge in [0.25, 0.3) is 5.91 Å². The molecule has 150 valence electrons. The summed E-state index contributed by atoms with van der Waals surface area (Å²) in [5.41, 5.74) is 6.08. The van der Waals surface area contributed by atoms with Crippen molar-refractivity contribution in [2.75, 3.05) is 17.8 Å². The summed E-state index contributed by atoms with van der Waals surface area (Å²) in [4.78, 5) is 27.3. The van der Waals surface area contributed by atoms with Crippen LogP contribution in [0.25, 0.3) is 10.8 Å². The average molecular weight is 410 g/mol. The zero-order valence-electron chi connectivity index (χ0n) is 15.8. The number of hydrogen-bond donors (Lipinski definition) is 4. The maximum absolute atomic E-state index is 12.0. The smallest absolute Gasteiger partial charge is 0.300 e. The Morgan fingerprint density at radius 1 is 1.21 bits per heavy atom. The van der Waals surface area contributed by atoms with Gasteiger partial charge in [-0.1, -0.05) is 48.0 Å². The average Bonchev–Trinajstić information content (AvgIpc) is 2.71. The van der Waals surface area contributed by atoms with Crippen molar-refractivity contribution in [3.8, 4) is 11.8 Å². The van der Waals surface area contributed by atoms with Crippen LogP contribution in [0.1, 0.15) is 12.8 Å². The van der Waals surface area contributed by atoms with Gasteiger partial charge in [-0.05, 0) is 42.0 Å². The van der Waals surface area contributed by atoms with E-state index in [0.29, 0.717) is 18.7 Å². The SMILES string of the molecule is C=N/C(C(N)=O)=C(/NC(=O)C#CCCCO)SCNc1ccc2ccccc2c1. The zero-order valence-corrected chi connectivity index (χ0v) is 16.6. The number of thioether (sulfide) groups is 1. The predicted molar refractivity (Wildman–Crippen MR) is 118 cm³/mol. The molecule has 0 bridgehead atoms. The molecule has 8 heteroatoms. The lowest BCUT2D eigenvalue weighted by Gasteiger charge is -2.12. The van der Waals surface area contributed by atoms with Crippen LogP contribution in [0.5, 0.6) is 0 Å². The van der Waals surface area contributed by atoms with E-state index < -0.39 is 11.8 Å². The molecule has 0 atom stereocenters. The Balaban J connectivity index is 2.06. The van der Waals surface area contributed by atoms with Gasteiger partial charge in [-0.2, -0.15) is 0 Å². The maximum Gasteiger partial charge on any atom is 0.300 e. The summed E-state index contributed by atoms with van der Waals surface area (Å²) < 4.78 is 0. The second-order valence-corrected chi connectivity index (χ2v) is 6.80. The maximum atomic E-state index is 12.0. The number of primary amides is 1. The first-order chi connectivity index (χ1) is 14.0. The highest BCUT2D eigenvalue weighted by molar-refractivity contribution is 8.03. The van der Waals surface area contributed by atoms with Crippen molar-refractivity contribution < 1.29 is 14.7 Å². The van der Waals surface area contributed by atoms with Gasteiger partial charge in [0, 0.05) is 18.7 Å². The molecule has 0 unspecified atom stereocenters. The molecule has 5 N–H and O–H groups in total. The minimum Gasteiger partial charge on any atom is -0.396 e. The zero-order chi connectivity index (χ0) is 21.1. The number of aliphatic imine (C=N–C) groups is 1. The van der Waals surface area contributed by atoms with E-state index in [2.05, 4.69) is 34.2 Å². The Morgan fingerprint density at radius 2 is 1.97 bits per heavy atom. The highest BCUT2D eigenvalue weighted by atomic mass is 32.2. The minimum atomic E-state index is -0.804. The number of rotatable bonds is 9. The molecule has 0 heterocycles. The number of benzene rings is 2. The number of carbonyl (C=O) groups is 2. The predicted octanol–water partition coefficient (Wildman–Crippen LogP) is 2.19. The summed E-state index contributed by atoms with van der Waals surface area (Å²) in [6.07, 6.45) is 0.871. The van der Waals surface area contributed by atoms with E-state index in [-0.39, 0.29) is 17.3 Å². The lowest BCUT2D eigenvalue weighted by molar-refractivity contribution is -0.114. The van der Waals surface area contributed by atoms with E-state index in [1.807, 2.05) is 42.5 Å². The van der Waals surface area contributed by atoms with E-state index in [1.54, 1.807) is 0 Å². The number of nitrogens with two attached hydrogens (primary N) is 1.